The number of thioether (sulfide) groups is 2. The van der Waals surface area contributed by atoms with Crippen LogP contribution >= 0.6 is 23.5 Å². The minimum Gasteiger partial charge on any atom is -0.442 e. The van der Waals surface area contributed by atoms with E-state index in [4.69, 9.17) is 9.47 Å². The largest absolute Gasteiger partial charge is 0.442 e. The van der Waals surface area contributed by atoms with Gasteiger partial charge in [0.15, 0.2) is 10.9 Å². The van der Waals surface area contributed by atoms with E-state index < -0.39 is 10.9 Å². The maximum Gasteiger partial charge on any atom is 0.340 e. The van der Waals surface area contributed by atoms with Crippen molar-refractivity contribution in [3.63, 3.8) is 0 Å². The van der Waals surface area contributed by atoms with Crippen molar-refractivity contribution >= 4 is 35.5 Å². The predicted molar refractivity (Wildman–Crippen MR) is 107 cm³/mol. The molecule has 0 bridgehead atoms. The molecule has 0 aliphatic carbocycles. The van der Waals surface area contributed by atoms with Gasteiger partial charge in [0.25, 0.3) is 0 Å². The van der Waals surface area contributed by atoms with Gasteiger partial charge in [0.05, 0.1) is 11.1 Å². The fourth-order valence-corrected chi connectivity index (χ4v) is 5.35. The highest BCUT2D eigenvalue weighted by Gasteiger charge is 2.30. The van der Waals surface area contributed by atoms with E-state index in [0.29, 0.717) is 11.1 Å². The Bertz CT molecular complexity index is 991. The van der Waals surface area contributed by atoms with E-state index in [1.165, 1.54) is 23.5 Å². The number of rotatable bonds is 2. The van der Waals surface area contributed by atoms with Gasteiger partial charge in [0.2, 0.25) is 0 Å². The van der Waals surface area contributed by atoms with Gasteiger partial charge in [-0.1, -0.05) is 72.1 Å². The van der Waals surface area contributed by atoms with Crippen LogP contribution in [-0.4, -0.2) is 11.9 Å². The van der Waals surface area contributed by atoms with Crippen LogP contribution in [0.3, 0.4) is 0 Å². The molecular formula is C22H14O4S2. The molecule has 0 amide bonds. The lowest BCUT2D eigenvalue weighted by Crippen LogP contribution is -2.16. The van der Waals surface area contributed by atoms with Crippen LogP contribution in [0.2, 0.25) is 0 Å². The molecule has 4 nitrogen and oxygen atoms in total. The van der Waals surface area contributed by atoms with Crippen LogP contribution in [0.15, 0.2) is 82.6 Å². The Kier molecular flexibility index (Phi) is 4.37. The van der Waals surface area contributed by atoms with Crippen LogP contribution in [0.5, 0.6) is 0 Å². The van der Waals surface area contributed by atoms with E-state index in [0.717, 1.165) is 20.9 Å². The van der Waals surface area contributed by atoms with Gasteiger partial charge in [-0.15, -0.1) is 0 Å². The second kappa shape index (κ2) is 7.04. The molecule has 0 saturated carbocycles. The standard InChI is InChI=1S/C22H14O4S2/c23-19-15-5-1-3-7-17(15)27-21(25-19)13-9-11-14(12-10-13)22-26-20(24)16-6-2-4-8-18(16)28-22/h1-12,21-22H/t21-,22-/m0/s1. The molecule has 0 spiro atoms. The molecule has 0 N–H and O–H groups in total. The fourth-order valence-electron chi connectivity index (χ4n) is 3.16. The summed E-state index contributed by atoms with van der Waals surface area (Å²) in [6.07, 6.45) is 0. The van der Waals surface area contributed by atoms with Crippen LogP contribution < -0.4 is 0 Å². The molecule has 3 aromatic rings. The molecule has 2 aliphatic heterocycles. The zero-order valence-corrected chi connectivity index (χ0v) is 16.2. The molecule has 5 rings (SSSR count). The maximum atomic E-state index is 12.2. The summed E-state index contributed by atoms with van der Waals surface area (Å²) >= 11 is 3.03. The van der Waals surface area contributed by atoms with E-state index in [1.807, 2.05) is 60.7 Å². The Hall–Kier alpha value is -2.70. The average Bonchev–Trinajstić information content (AvgIpc) is 2.74. The second-order valence-electron chi connectivity index (χ2n) is 6.37. The van der Waals surface area contributed by atoms with Gasteiger partial charge in [-0.3, -0.25) is 0 Å². The summed E-state index contributed by atoms with van der Waals surface area (Å²) in [5.41, 5.74) is 2.21. The van der Waals surface area contributed by atoms with Crippen LogP contribution in [0.4, 0.5) is 0 Å². The second-order valence-corrected chi connectivity index (χ2v) is 8.58. The molecule has 0 radical (unpaired) electrons. The van der Waals surface area contributed by atoms with E-state index in [-0.39, 0.29) is 11.9 Å². The number of cyclic esters (lactones) is 2. The summed E-state index contributed by atoms with van der Waals surface area (Å²) in [4.78, 5) is 26.3. The lowest BCUT2D eigenvalue weighted by molar-refractivity contribution is 0.0426. The molecule has 0 aromatic heterocycles. The third kappa shape index (κ3) is 3.08. The molecule has 28 heavy (non-hydrogen) atoms. The number of hydrogen-bond acceptors (Lipinski definition) is 6. The Morgan fingerprint density at radius 3 is 1.39 bits per heavy atom. The zero-order valence-electron chi connectivity index (χ0n) is 14.5. The molecule has 2 aliphatic rings. The van der Waals surface area contributed by atoms with Gasteiger partial charge < -0.3 is 9.47 Å². The maximum absolute atomic E-state index is 12.2. The highest BCUT2D eigenvalue weighted by Crippen LogP contribution is 2.45. The first-order valence-electron chi connectivity index (χ1n) is 8.72. The van der Waals surface area contributed by atoms with Gasteiger partial charge in [-0.2, -0.15) is 0 Å². The molecule has 6 heteroatoms. The van der Waals surface area contributed by atoms with Crippen molar-refractivity contribution < 1.29 is 19.1 Å². The first-order chi connectivity index (χ1) is 13.7. The number of benzene rings is 3. The summed E-state index contributed by atoms with van der Waals surface area (Å²) in [7, 11) is 0. The van der Waals surface area contributed by atoms with E-state index in [2.05, 4.69) is 0 Å². The normalized spacial score (nSPS) is 20.6. The van der Waals surface area contributed by atoms with Crippen molar-refractivity contribution in [2.45, 2.75) is 20.7 Å². The minimum atomic E-state index is -0.390. The van der Waals surface area contributed by atoms with Crippen molar-refractivity contribution in [1.29, 1.82) is 0 Å². The topological polar surface area (TPSA) is 52.6 Å². The Balaban J connectivity index is 1.37. The summed E-state index contributed by atoms with van der Waals surface area (Å²) in [5.74, 6) is -0.617. The molecule has 138 valence electrons. The number of fused-ring (bicyclic) bond motifs is 2. The molecule has 0 unspecified atom stereocenters. The zero-order chi connectivity index (χ0) is 19.1. The molecule has 2 heterocycles. The van der Waals surface area contributed by atoms with Gasteiger partial charge in [0.1, 0.15) is 0 Å². The van der Waals surface area contributed by atoms with Gasteiger partial charge in [-0.25, -0.2) is 9.59 Å². The highest BCUT2D eigenvalue weighted by molar-refractivity contribution is 7.99. The molecule has 0 saturated heterocycles. The Labute approximate surface area is 170 Å². The summed E-state index contributed by atoms with van der Waals surface area (Å²) in [5, 5.41) is 0. The van der Waals surface area contributed by atoms with Crippen molar-refractivity contribution in [3.05, 3.63) is 95.1 Å². The van der Waals surface area contributed by atoms with Gasteiger partial charge in [-0.05, 0) is 24.3 Å². The summed E-state index contributed by atoms with van der Waals surface area (Å²) in [6.45, 7) is 0. The third-order valence-electron chi connectivity index (χ3n) is 4.59. The lowest BCUT2D eigenvalue weighted by atomic mass is 10.1. The number of carbonyl (C=O) groups excluding carboxylic acids is 2. The minimum absolute atomic E-state index is 0.309. The van der Waals surface area contributed by atoms with Crippen molar-refractivity contribution in [1.82, 2.24) is 0 Å². The molecule has 3 aromatic carbocycles. The number of carbonyl (C=O) groups is 2. The fraction of sp³-hybridized carbons (Fsp3) is 0.0909. The number of esters is 2. The molecule has 2 atom stereocenters. The van der Waals surface area contributed by atoms with Gasteiger partial charge in [0, 0.05) is 20.9 Å². The van der Waals surface area contributed by atoms with Gasteiger partial charge >= 0.3 is 11.9 Å². The number of hydrogen-bond donors (Lipinski definition) is 0. The van der Waals surface area contributed by atoms with Crippen molar-refractivity contribution in [2.75, 3.05) is 0 Å². The average molecular weight is 406 g/mol. The third-order valence-corrected chi connectivity index (χ3v) is 6.98. The summed E-state index contributed by atoms with van der Waals surface area (Å²) in [6, 6.07) is 22.6. The first-order valence-corrected chi connectivity index (χ1v) is 10.5. The quantitative estimate of drug-likeness (QED) is 0.516. The van der Waals surface area contributed by atoms with Crippen LogP contribution in [0, 0.1) is 0 Å². The van der Waals surface area contributed by atoms with E-state index >= 15 is 0 Å². The summed E-state index contributed by atoms with van der Waals surface area (Å²) < 4.78 is 11.2. The van der Waals surface area contributed by atoms with Crippen molar-refractivity contribution in [3.8, 4) is 0 Å². The van der Waals surface area contributed by atoms with E-state index in [1.54, 1.807) is 12.1 Å². The molecule has 0 fully saturated rings. The monoisotopic (exact) mass is 406 g/mol. The van der Waals surface area contributed by atoms with E-state index in [9.17, 15) is 9.59 Å². The van der Waals surface area contributed by atoms with Crippen molar-refractivity contribution in [2.24, 2.45) is 0 Å². The van der Waals surface area contributed by atoms with Crippen LogP contribution in [-0.2, 0) is 9.47 Å². The van der Waals surface area contributed by atoms with Crippen LogP contribution in [0.1, 0.15) is 42.7 Å². The first kappa shape index (κ1) is 17.4. The number of ether oxygens (including phenoxy) is 2. The highest BCUT2D eigenvalue weighted by atomic mass is 32.2. The lowest BCUT2D eigenvalue weighted by Gasteiger charge is -2.26. The SMILES string of the molecule is O=C1O[C@H](c2ccc([C@H]3OC(=O)c4ccccc4S3)cc2)Sc2ccccc21. The molecular weight excluding hydrogens is 392 g/mol. The predicted octanol–water partition coefficient (Wildman–Crippen LogP) is 5.61. The van der Waals surface area contributed by atoms with Crippen LogP contribution in [0.25, 0.3) is 0 Å². The smallest absolute Gasteiger partial charge is 0.340 e. The Morgan fingerprint density at radius 1 is 0.571 bits per heavy atom. The Morgan fingerprint density at radius 2 is 0.964 bits per heavy atom.